The fourth-order valence-electron chi connectivity index (χ4n) is 2.07. The van der Waals surface area contributed by atoms with Crippen LogP contribution in [0, 0.1) is 11.3 Å². The number of hydrogen-bond donors (Lipinski definition) is 2. The molecule has 0 aliphatic carbocycles. The number of benzene rings is 1. The van der Waals surface area contributed by atoms with E-state index in [1.807, 2.05) is 13.0 Å². The van der Waals surface area contributed by atoms with Crippen LogP contribution in [0.2, 0.25) is 0 Å². The number of amides is 1. The molecule has 1 aromatic carbocycles. The summed E-state index contributed by atoms with van der Waals surface area (Å²) in [7, 11) is 0. The summed E-state index contributed by atoms with van der Waals surface area (Å²) in [4.78, 5) is 31.0. The third-order valence-corrected chi connectivity index (χ3v) is 4.23. The second-order valence-electron chi connectivity index (χ2n) is 5.20. The number of H-pyrrole nitrogens is 1. The van der Waals surface area contributed by atoms with Gasteiger partial charge in [0.2, 0.25) is 5.91 Å². The Labute approximate surface area is 144 Å². The van der Waals surface area contributed by atoms with Gasteiger partial charge in [0.15, 0.2) is 5.16 Å². The number of aryl methyl sites for hydroxylation is 1. The van der Waals surface area contributed by atoms with Gasteiger partial charge >= 0.3 is 0 Å². The third kappa shape index (κ3) is 4.70. The van der Waals surface area contributed by atoms with E-state index in [2.05, 4.69) is 15.3 Å². The van der Waals surface area contributed by atoms with Crippen molar-refractivity contribution in [3.05, 3.63) is 51.9 Å². The van der Waals surface area contributed by atoms with Crippen LogP contribution < -0.4 is 10.9 Å². The number of carbonyl (C=O) groups is 1. The van der Waals surface area contributed by atoms with Crippen LogP contribution in [0.25, 0.3) is 0 Å². The SMILES string of the molecule is CCCc1cc(=O)[nH]c(S[C@H](C)C(=O)Nc2ccccc2C#N)n1. The lowest BCUT2D eigenvalue weighted by molar-refractivity contribution is -0.115. The van der Waals surface area contributed by atoms with Crippen molar-refractivity contribution in [2.45, 2.75) is 37.1 Å². The minimum Gasteiger partial charge on any atom is -0.324 e. The van der Waals surface area contributed by atoms with Gasteiger partial charge in [-0.05, 0) is 25.5 Å². The molecule has 24 heavy (non-hydrogen) atoms. The van der Waals surface area contributed by atoms with Gasteiger partial charge in [-0.1, -0.05) is 37.2 Å². The zero-order valence-electron chi connectivity index (χ0n) is 13.5. The number of hydrogen-bond acceptors (Lipinski definition) is 5. The molecule has 0 radical (unpaired) electrons. The lowest BCUT2D eigenvalue weighted by Crippen LogP contribution is -2.23. The number of carbonyl (C=O) groups excluding carboxylic acids is 1. The maximum absolute atomic E-state index is 12.3. The van der Waals surface area contributed by atoms with Crippen molar-refractivity contribution in [3.63, 3.8) is 0 Å². The Balaban J connectivity index is 2.09. The van der Waals surface area contributed by atoms with Crippen LogP contribution >= 0.6 is 11.8 Å². The number of nitrogens with zero attached hydrogens (tertiary/aromatic N) is 2. The molecule has 7 heteroatoms. The van der Waals surface area contributed by atoms with Gasteiger partial charge < -0.3 is 10.3 Å². The highest BCUT2D eigenvalue weighted by Gasteiger charge is 2.17. The predicted octanol–water partition coefficient (Wildman–Crippen LogP) is 2.71. The van der Waals surface area contributed by atoms with Crippen molar-refractivity contribution in [2.75, 3.05) is 5.32 Å². The number of para-hydroxylation sites is 1. The molecule has 1 aromatic heterocycles. The van der Waals surface area contributed by atoms with Crippen LogP contribution in [0.1, 0.15) is 31.5 Å². The van der Waals surface area contributed by atoms with E-state index in [1.165, 1.54) is 17.8 Å². The molecule has 2 N–H and O–H groups in total. The maximum Gasteiger partial charge on any atom is 0.251 e. The van der Waals surface area contributed by atoms with Crippen LogP contribution in [0.15, 0.2) is 40.3 Å². The van der Waals surface area contributed by atoms with Gasteiger partial charge in [-0.3, -0.25) is 9.59 Å². The number of rotatable bonds is 6. The smallest absolute Gasteiger partial charge is 0.251 e. The van der Waals surface area contributed by atoms with E-state index >= 15 is 0 Å². The molecular weight excluding hydrogens is 324 g/mol. The van der Waals surface area contributed by atoms with Crippen molar-refractivity contribution in [3.8, 4) is 6.07 Å². The number of anilines is 1. The fourth-order valence-corrected chi connectivity index (χ4v) is 2.90. The number of thioether (sulfide) groups is 1. The van der Waals surface area contributed by atoms with E-state index in [0.29, 0.717) is 28.5 Å². The summed E-state index contributed by atoms with van der Waals surface area (Å²) < 4.78 is 0. The van der Waals surface area contributed by atoms with E-state index in [-0.39, 0.29) is 11.5 Å². The normalized spacial score (nSPS) is 11.5. The Kier molecular flexibility index (Phi) is 6.15. The molecule has 0 bridgehead atoms. The highest BCUT2D eigenvalue weighted by molar-refractivity contribution is 8.00. The first-order chi connectivity index (χ1) is 11.5. The first kappa shape index (κ1) is 17.8. The van der Waals surface area contributed by atoms with Gasteiger partial charge in [0.25, 0.3) is 5.56 Å². The minimum absolute atomic E-state index is 0.224. The number of aromatic nitrogens is 2. The Morgan fingerprint density at radius 3 is 2.92 bits per heavy atom. The topological polar surface area (TPSA) is 98.6 Å². The summed E-state index contributed by atoms with van der Waals surface area (Å²) in [5.74, 6) is -0.258. The van der Waals surface area contributed by atoms with E-state index in [0.717, 1.165) is 6.42 Å². The van der Waals surface area contributed by atoms with Crippen molar-refractivity contribution in [2.24, 2.45) is 0 Å². The minimum atomic E-state index is -0.475. The van der Waals surface area contributed by atoms with Crippen LogP contribution in [-0.2, 0) is 11.2 Å². The van der Waals surface area contributed by atoms with Crippen LogP contribution in [0.4, 0.5) is 5.69 Å². The van der Waals surface area contributed by atoms with Crippen LogP contribution in [0.5, 0.6) is 0 Å². The largest absolute Gasteiger partial charge is 0.324 e. The van der Waals surface area contributed by atoms with Crippen molar-refractivity contribution in [1.29, 1.82) is 5.26 Å². The Bertz CT molecular complexity index is 826. The molecule has 0 unspecified atom stereocenters. The van der Waals surface area contributed by atoms with Gasteiger partial charge in [0.1, 0.15) is 6.07 Å². The molecular formula is C17H18N4O2S. The van der Waals surface area contributed by atoms with E-state index in [4.69, 9.17) is 5.26 Å². The molecule has 6 nitrogen and oxygen atoms in total. The number of nitriles is 1. The first-order valence-electron chi connectivity index (χ1n) is 7.60. The van der Waals surface area contributed by atoms with E-state index in [1.54, 1.807) is 31.2 Å². The molecule has 2 rings (SSSR count). The van der Waals surface area contributed by atoms with Gasteiger partial charge in [-0.2, -0.15) is 5.26 Å². The summed E-state index contributed by atoms with van der Waals surface area (Å²) in [6.45, 7) is 3.74. The average molecular weight is 342 g/mol. The molecule has 0 spiro atoms. The second-order valence-corrected chi connectivity index (χ2v) is 6.53. The van der Waals surface area contributed by atoms with E-state index in [9.17, 15) is 9.59 Å². The summed E-state index contributed by atoms with van der Waals surface area (Å²) in [5, 5.41) is 11.7. The van der Waals surface area contributed by atoms with Gasteiger partial charge in [-0.15, -0.1) is 0 Å². The molecule has 0 aliphatic rings. The molecule has 0 saturated carbocycles. The Morgan fingerprint density at radius 1 is 1.46 bits per heavy atom. The Morgan fingerprint density at radius 2 is 2.21 bits per heavy atom. The lowest BCUT2D eigenvalue weighted by Gasteiger charge is -2.12. The van der Waals surface area contributed by atoms with Crippen LogP contribution in [-0.4, -0.2) is 21.1 Å². The Hall–Kier alpha value is -2.59. The van der Waals surface area contributed by atoms with Gasteiger partial charge in [-0.25, -0.2) is 4.98 Å². The zero-order valence-corrected chi connectivity index (χ0v) is 14.3. The number of aromatic amines is 1. The van der Waals surface area contributed by atoms with Gasteiger partial charge in [0.05, 0.1) is 16.5 Å². The van der Waals surface area contributed by atoms with Crippen molar-refractivity contribution < 1.29 is 4.79 Å². The number of nitrogens with one attached hydrogen (secondary N) is 2. The fraction of sp³-hybridized carbons (Fsp3) is 0.294. The molecule has 1 heterocycles. The summed E-state index contributed by atoms with van der Waals surface area (Å²) in [5.41, 5.74) is 1.36. The summed E-state index contributed by atoms with van der Waals surface area (Å²) in [6, 6.07) is 10.3. The zero-order chi connectivity index (χ0) is 17.5. The van der Waals surface area contributed by atoms with Crippen molar-refractivity contribution in [1.82, 2.24) is 9.97 Å². The first-order valence-corrected chi connectivity index (χ1v) is 8.48. The van der Waals surface area contributed by atoms with Gasteiger partial charge in [0, 0.05) is 11.8 Å². The predicted molar refractivity (Wildman–Crippen MR) is 94.0 cm³/mol. The summed E-state index contributed by atoms with van der Waals surface area (Å²) >= 11 is 1.18. The molecule has 0 fully saturated rings. The highest BCUT2D eigenvalue weighted by Crippen LogP contribution is 2.21. The summed E-state index contributed by atoms with van der Waals surface area (Å²) in [6.07, 6.45) is 1.61. The van der Waals surface area contributed by atoms with Crippen molar-refractivity contribution >= 4 is 23.4 Å². The molecule has 1 atom stereocenters. The van der Waals surface area contributed by atoms with E-state index < -0.39 is 5.25 Å². The maximum atomic E-state index is 12.3. The molecule has 124 valence electrons. The van der Waals surface area contributed by atoms with Crippen LogP contribution in [0.3, 0.4) is 0 Å². The lowest BCUT2D eigenvalue weighted by atomic mass is 10.2. The second kappa shape index (κ2) is 8.31. The molecule has 2 aromatic rings. The third-order valence-electron chi connectivity index (χ3n) is 3.24. The highest BCUT2D eigenvalue weighted by atomic mass is 32.2. The quantitative estimate of drug-likeness (QED) is 0.621. The molecule has 0 aliphatic heterocycles. The molecule has 1 amide bonds. The monoisotopic (exact) mass is 342 g/mol. The average Bonchev–Trinajstić information content (AvgIpc) is 2.55. The standard InChI is InChI=1S/C17H18N4O2S/c1-3-6-13-9-15(22)21-17(19-13)24-11(2)16(23)20-14-8-5-4-7-12(14)10-18/h4-5,7-9,11H,3,6H2,1-2H3,(H,20,23)(H,19,21,22)/t11-/m1/s1. The molecule has 0 saturated heterocycles.